The molecule has 0 atom stereocenters. The van der Waals surface area contributed by atoms with Gasteiger partial charge in [0.15, 0.2) is 5.82 Å². The lowest BCUT2D eigenvalue weighted by atomic mass is 10.1. The fraction of sp³-hybridized carbons (Fsp3) is 0. The van der Waals surface area contributed by atoms with Gasteiger partial charge in [0.1, 0.15) is 9.88 Å². The fourth-order valence-corrected chi connectivity index (χ4v) is 4.15. The summed E-state index contributed by atoms with van der Waals surface area (Å²) in [5.41, 5.74) is 3.16. The molecule has 31 heavy (non-hydrogen) atoms. The third-order valence-corrected chi connectivity index (χ3v) is 5.75. The van der Waals surface area contributed by atoms with Crippen LogP contribution < -0.4 is 5.32 Å². The van der Waals surface area contributed by atoms with Gasteiger partial charge in [-0.1, -0.05) is 60.7 Å². The molecule has 7 heteroatoms. The molecule has 0 unspecified atom stereocenters. The summed E-state index contributed by atoms with van der Waals surface area (Å²) in [6, 6.07) is 25.1. The zero-order valence-electron chi connectivity index (χ0n) is 16.3. The average molecular weight is 424 g/mol. The molecule has 5 aromatic rings. The summed E-state index contributed by atoms with van der Waals surface area (Å²) in [6.45, 7) is 0. The van der Waals surface area contributed by atoms with Crippen LogP contribution in [0.15, 0.2) is 97.5 Å². The van der Waals surface area contributed by atoms with E-state index in [9.17, 15) is 4.79 Å². The first-order valence-corrected chi connectivity index (χ1v) is 10.5. The van der Waals surface area contributed by atoms with E-state index in [1.807, 2.05) is 85.1 Å². The number of anilines is 1. The number of thiazole rings is 1. The number of amides is 1. The van der Waals surface area contributed by atoms with E-state index < -0.39 is 0 Å². The molecule has 0 aliphatic heterocycles. The second-order valence-corrected chi connectivity index (χ2v) is 7.74. The summed E-state index contributed by atoms with van der Waals surface area (Å²) in [4.78, 5) is 22.9. The predicted octanol–water partition coefficient (Wildman–Crippen LogP) is 5.31. The Kier molecular flexibility index (Phi) is 5.08. The number of hydrogen-bond donors (Lipinski definition) is 1. The minimum Gasteiger partial charge on any atom is -0.320 e. The molecule has 2 aromatic carbocycles. The quantitative estimate of drug-likeness (QED) is 0.416. The Morgan fingerprint density at radius 3 is 2.26 bits per heavy atom. The normalized spacial score (nSPS) is 10.7. The maximum atomic E-state index is 13.2. The number of hydrogen-bond acceptors (Lipinski definition) is 5. The molecular weight excluding hydrogens is 406 g/mol. The van der Waals surface area contributed by atoms with Crippen LogP contribution in [-0.4, -0.2) is 25.7 Å². The van der Waals surface area contributed by atoms with Gasteiger partial charge in [-0.2, -0.15) is 5.10 Å². The van der Waals surface area contributed by atoms with Crippen molar-refractivity contribution in [3.63, 3.8) is 0 Å². The number of pyridine rings is 1. The third-order valence-electron chi connectivity index (χ3n) is 4.65. The number of nitrogens with one attached hydrogen (secondary N) is 1. The molecule has 0 aliphatic rings. The Balaban J connectivity index is 1.47. The lowest BCUT2D eigenvalue weighted by Crippen LogP contribution is -2.12. The molecular formula is C24H17N5OS. The first kappa shape index (κ1) is 18.9. The van der Waals surface area contributed by atoms with Gasteiger partial charge in [0.05, 0.1) is 17.6 Å². The number of aromatic nitrogens is 4. The van der Waals surface area contributed by atoms with Crippen molar-refractivity contribution in [3.05, 3.63) is 102 Å². The molecule has 0 bridgehead atoms. The Hall–Kier alpha value is -4.10. The van der Waals surface area contributed by atoms with Crippen LogP contribution in [0.5, 0.6) is 0 Å². The molecule has 0 fully saturated rings. The lowest BCUT2D eigenvalue weighted by Gasteiger charge is -2.06. The van der Waals surface area contributed by atoms with Gasteiger partial charge in [0, 0.05) is 23.5 Å². The van der Waals surface area contributed by atoms with Gasteiger partial charge in [-0.05, 0) is 18.2 Å². The maximum Gasteiger partial charge on any atom is 0.268 e. The van der Waals surface area contributed by atoms with E-state index in [1.165, 1.54) is 11.3 Å². The summed E-state index contributed by atoms with van der Waals surface area (Å²) < 4.78 is 1.66. The summed E-state index contributed by atoms with van der Waals surface area (Å²) in [5.74, 6) is 0.462. The average Bonchev–Trinajstić information content (AvgIpc) is 3.52. The van der Waals surface area contributed by atoms with E-state index >= 15 is 0 Å². The molecule has 3 aromatic heterocycles. The first-order chi connectivity index (χ1) is 15.3. The van der Waals surface area contributed by atoms with Crippen LogP contribution in [0.2, 0.25) is 0 Å². The largest absolute Gasteiger partial charge is 0.320 e. The molecule has 150 valence electrons. The topological polar surface area (TPSA) is 72.7 Å². The van der Waals surface area contributed by atoms with Gasteiger partial charge in [0.2, 0.25) is 0 Å². The second-order valence-electron chi connectivity index (χ2n) is 6.74. The summed E-state index contributed by atoms with van der Waals surface area (Å²) in [5, 5.41) is 7.91. The highest BCUT2D eigenvalue weighted by Gasteiger charge is 2.20. The Labute approximate surface area is 182 Å². The van der Waals surface area contributed by atoms with E-state index in [4.69, 9.17) is 4.98 Å². The Morgan fingerprint density at radius 1 is 0.871 bits per heavy atom. The highest BCUT2D eigenvalue weighted by Crippen LogP contribution is 2.34. The smallest absolute Gasteiger partial charge is 0.268 e. The lowest BCUT2D eigenvalue weighted by molar-refractivity contribution is 0.103. The zero-order chi connectivity index (χ0) is 21.0. The molecule has 5 rings (SSSR count). The van der Waals surface area contributed by atoms with Gasteiger partial charge >= 0.3 is 0 Å². The van der Waals surface area contributed by atoms with Crippen molar-refractivity contribution in [2.75, 3.05) is 5.32 Å². The van der Waals surface area contributed by atoms with Crippen molar-refractivity contribution in [1.82, 2.24) is 19.7 Å². The van der Waals surface area contributed by atoms with Gasteiger partial charge in [-0.15, -0.1) is 11.3 Å². The van der Waals surface area contributed by atoms with Crippen molar-refractivity contribution in [1.29, 1.82) is 0 Å². The SMILES string of the molecule is O=C(Nc1ccc(-n2cccn2)nc1)c1sc(-c2ccccc2)nc1-c1ccccc1. The van der Waals surface area contributed by atoms with E-state index in [-0.39, 0.29) is 5.91 Å². The molecule has 6 nitrogen and oxygen atoms in total. The monoisotopic (exact) mass is 423 g/mol. The summed E-state index contributed by atoms with van der Waals surface area (Å²) >= 11 is 1.38. The van der Waals surface area contributed by atoms with Crippen LogP contribution in [-0.2, 0) is 0 Å². The molecule has 0 radical (unpaired) electrons. The zero-order valence-corrected chi connectivity index (χ0v) is 17.2. The third kappa shape index (κ3) is 3.99. The predicted molar refractivity (Wildman–Crippen MR) is 122 cm³/mol. The maximum absolute atomic E-state index is 13.2. The fourth-order valence-electron chi connectivity index (χ4n) is 3.16. The summed E-state index contributed by atoms with van der Waals surface area (Å²) in [7, 11) is 0. The second kappa shape index (κ2) is 8.33. The Bertz CT molecular complexity index is 1300. The Morgan fingerprint density at radius 2 is 1.61 bits per heavy atom. The van der Waals surface area contributed by atoms with Crippen molar-refractivity contribution in [3.8, 4) is 27.6 Å². The molecule has 0 aliphatic carbocycles. The minimum absolute atomic E-state index is 0.216. The van der Waals surface area contributed by atoms with Gasteiger partial charge < -0.3 is 5.32 Å². The van der Waals surface area contributed by atoms with Crippen molar-refractivity contribution < 1.29 is 4.79 Å². The van der Waals surface area contributed by atoms with Gasteiger partial charge in [0.25, 0.3) is 5.91 Å². The highest BCUT2D eigenvalue weighted by atomic mass is 32.1. The van der Waals surface area contributed by atoms with Crippen LogP contribution >= 0.6 is 11.3 Å². The molecule has 3 heterocycles. The van der Waals surface area contributed by atoms with E-state index in [2.05, 4.69) is 15.4 Å². The van der Waals surface area contributed by atoms with E-state index in [0.29, 0.717) is 22.1 Å². The van der Waals surface area contributed by atoms with Crippen LogP contribution in [0.1, 0.15) is 9.67 Å². The number of nitrogens with zero attached hydrogens (tertiary/aromatic N) is 4. The van der Waals surface area contributed by atoms with Gasteiger partial charge in [-0.3, -0.25) is 4.79 Å². The van der Waals surface area contributed by atoms with Crippen LogP contribution in [0.4, 0.5) is 5.69 Å². The summed E-state index contributed by atoms with van der Waals surface area (Å²) in [6.07, 6.45) is 5.13. The van der Waals surface area contributed by atoms with Crippen molar-refractivity contribution in [2.45, 2.75) is 0 Å². The van der Waals surface area contributed by atoms with E-state index in [0.717, 1.165) is 16.1 Å². The molecule has 1 amide bonds. The van der Waals surface area contributed by atoms with Crippen LogP contribution in [0.25, 0.3) is 27.6 Å². The molecule has 1 N–H and O–H groups in total. The number of benzene rings is 2. The van der Waals surface area contributed by atoms with Crippen molar-refractivity contribution >= 4 is 22.9 Å². The standard InChI is InChI=1S/C24H17N5OS/c30-23(27-19-12-13-20(25-16-19)29-15-7-14-26-29)22-21(17-8-3-1-4-9-17)28-24(31-22)18-10-5-2-6-11-18/h1-16H,(H,27,30). The molecule has 0 saturated heterocycles. The van der Waals surface area contributed by atoms with Gasteiger partial charge in [-0.25, -0.2) is 14.6 Å². The van der Waals surface area contributed by atoms with Crippen molar-refractivity contribution in [2.24, 2.45) is 0 Å². The van der Waals surface area contributed by atoms with E-state index in [1.54, 1.807) is 17.1 Å². The molecule has 0 spiro atoms. The first-order valence-electron chi connectivity index (χ1n) is 9.67. The number of carbonyl (C=O) groups excluding carboxylic acids is 1. The highest BCUT2D eigenvalue weighted by molar-refractivity contribution is 7.17. The number of rotatable bonds is 5. The van der Waals surface area contributed by atoms with Crippen LogP contribution in [0.3, 0.4) is 0 Å². The number of carbonyl (C=O) groups is 1. The van der Waals surface area contributed by atoms with Crippen LogP contribution in [0, 0.1) is 0 Å². The minimum atomic E-state index is -0.216. The molecule has 0 saturated carbocycles.